The zero-order chi connectivity index (χ0) is 14.0. The number of H-pyrrole nitrogens is 1. The first-order valence-electron chi connectivity index (χ1n) is 5.20. The van der Waals surface area contributed by atoms with Crippen molar-refractivity contribution in [3.05, 3.63) is 72.0 Å². The number of aromatic amines is 1. The predicted molar refractivity (Wildman–Crippen MR) is 68.5 cm³/mol. The van der Waals surface area contributed by atoms with Crippen LogP contribution in [0.25, 0.3) is 0 Å². The second-order valence-electron chi connectivity index (χ2n) is 3.77. The van der Waals surface area contributed by atoms with Crippen molar-refractivity contribution in [1.82, 2.24) is 9.55 Å². The van der Waals surface area contributed by atoms with E-state index in [0.29, 0.717) is 5.02 Å². The average Bonchev–Trinajstić information content (AvgIpc) is 2.32. The molecule has 0 aliphatic heterocycles. The van der Waals surface area contributed by atoms with Crippen molar-refractivity contribution in [3.8, 4) is 0 Å². The second-order valence-corrected chi connectivity index (χ2v) is 4.20. The average molecular weight is 282 g/mol. The summed E-state index contributed by atoms with van der Waals surface area (Å²) in [5, 5.41) is 11.2. The quantitative estimate of drug-likeness (QED) is 0.674. The van der Waals surface area contributed by atoms with Gasteiger partial charge < -0.3 is 0 Å². The molecule has 8 heteroatoms. The number of nitrogens with one attached hydrogen (secondary N) is 1. The molecule has 2 rings (SSSR count). The number of halogens is 1. The first-order chi connectivity index (χ1) is 8.97. The number of nitro groups is 1. The molecule has 1 aromatic heterocycles. The van der Waals surface area contributed by atoms with Gasteiger partial charge in [-0.05, 0) is 12.1 Å². The third-order valence-corrected chi connectivity index (χ3v) is 2.71. The highest BCUT2D eigenvalue weighted by Gasteiger charge is 2.14. The summed E-state index contributed by atoms with van der Waals surface area (Å²) in [6, 6.07) is 5.25. The van der Waals surface area contributed by atoms with Crippen LogP contribution in [0.2, 0.25) is 5.02 Å². The van der Waals surface area contributed by atoms with E-state index < -0.39 is 16.2 Å². The number of nitrogens with zero attached hydrogens (tertiary/aromatic N) is 2. The Labute approximate surface area is 111 Å². The number of aromatic nitrogens is 2. The Balaban J connectivity index is 2.48. The lowest BCUT2D eigenvalue weighted by molar-refractivity contribution is -0.385. The van der Waals surface area contributed by atoms with Gasteiger partial charge in [0.05, 0.1) is 17.0 Å². The van der Waals surface area contributed by atoms with Gasteiger partial charge in [-0.1, -0.05) is 11.6 Å². The standard InChI is InChI=1S/C11H8ClN3O4/c12-8-1-2-9(15(18)19)7(5-8)6-14-4-3-10(16)13-11(14)17/h1-5H,6H2,(H,13,16,17). The molecule has 0 fully saturated rings. The van der Waals surface area contributed by atoms with Gasteiger partial charge in [-0.3, -0.25) is 24.5 Å². The third-order valence-electron chi connectivity index (χ3n) is 2.48. The van der Waals surface area contributed by atoms with E-state index in [1.165, 1.54) is 24.4 Å². The maximum absolute atomic E-state index is 11.5. The first-order valence-corrected chi connectivity index (χ1v) is 5.58. The molecule has 0 saturated carbocycles. The zero-order valence-electron chi connectivity index (χ0n) is 9.50. The van der Waals surface area contributed by atoms with Gasteiger partial charge in [-0.2, -0.15) is 0 Å². The van der Waals surface area contributed by atoms with Gasteiger partial charge >= 0.3 is 5.69 Å². The van der Waals surface area contributed by atoms with E-state index in [-0.39, 0.29) is 17.8 Å². The summed E-state index contributed by atoms with van der Waals surface area (Å²) in [4.78, 5) is 34.8. The summed E-state index contributed by atoms with van der Waals surface area (Å²) in [6.45, 7) is -0.0491. The largest absolute Gasteiger partial charge is 0.328 e. The highest BCUT2D eigenvalue weighted by molar-refractivity contribution is 6.30. The van der Waals surface area contributed by atoms with Gasteiger partial charge in [-0.25, -0.2) is 4.79 Å². The fourth-order valence-corrected chi connectivity index (χ4v) is 1.81. The minimum Gasteiger partial charge on any atom is -0.296 e. The lowest BCUT2D eigenvalue weighted by Crippen LogP contribution is -2.29. The van der Waals surface area contributed by atoms with Crippen molar-refractivity contribution in [2.75, 3.05) is 0 Å². The monoisotopic (exact) mass is 281 g/mol. The van der Waals surface area contributed by atoms with Crippen LogP contribution in [-0.2, 0) is 6.54 Å². The van der Waals surface area contributed by atoms with Crippen LogP contribution in [0.15, 0.2) is 40.1 Å². The minimum atomic E-state index is -0.637. The zero-order valence-corrected chi connectivity index (χ0v) is 10.3. The maximum atomic E-state index is 11.5. The van der Waals surface area contributed by atoms with E-state index in [1.807, 2.05) is 0 Å². The van der Waals surface area contributed by atoms with Crippen LogP contribution in [-0.4, -0.2) is 14.5 Å². The molecule has 7 nitrogen and oxygen atoms in total. The van der Waals surface area contributed by atoms with Gasteiger partial charge in [0.2, 0.25) is 0 Å². The molecular formula is C11H8ClN3O4. The summed E-state index contributed by atoms with van der Waals surface area (Å²) in [5.41, 5.74) is -1.02. The van der Waals surface area contributed by atoms with Gasteiger partial charge in [0.25, 0.3) is 11.2 Å². The van der Waals surface area contributed by atoms with Crippen LogP contribution in [0, 0.1) is 10.1 Å². The molecule has 1 heterocycles. The Morgan fingerprint density at radius 1 is 1.32 bits per heavy atom. The number of benzene rings is 1. The van der Waals surface area contributed by atoms with Crippen LogP contribution in [0.3, 0.4) is 0 Å². The molecule has 0 saturated heterocycles. The highest BCUT2D eigenvalue weighted by Crippen LogP contribution is 2.23. The summed E-state index contributed by atoms with van der Waals surface area (Å²) < 4.78 is 1.15. The molecule has 19 heavy (non-hydrogen) atoms. The molecule has 0 atom stereocenters. The minimum absolute atomic E-state index is 0.0491. The molecule has 0 amide bonds. The molecule has 0 aliphatic carbocycles. The first kappa shape index (κ1) is 13.0. The lowest BCUT2D eigenvalue weighted by atomic mass is 10.2. The van der Waals surface area contributed by atoms with Gasteiger partial charge in [0, 0.05) is 23.4 Å². The van der Waals surface area contributed by atoms with E-state index in [2.05, 4.69) is 4.98 Å². The maximum Gasteiger partial charge on any atom is 0.328 e. The fourth-order valence-electron chi connectivity index (χ4n) is 1.61. The number of hydrogen-bond donors (Lipinski definition) is 1. The topological polar surface area (TPSA) is 98.0 Å². The Kier molecular flexibility index (Phi) is 3.48. The number of hydrogen-bond acceptors (Lipinski definition) is 4. The fraction of sp³-hybridized carbons (Fsp3) is 0.0909. The van der Waals surface area contributed by atoms with Crippen molar-refractivity contribution in [1.29, 1.82) is 0 Å². The molecule has 98 valence electrons. The lowest BCUT2D eigenvalue weighted by Gasteiger charge is -2.06. The predicted octanol–water partition coefficient (Wildman–Crippen LogP) is 1.15. The van der Waals surface area contributed by atoms with Gasteiger partial charge in [-0.15, -0.1) is 0 Å². The smallest absolute Gasteiger partial charge is 0.296 e. The van der Waals surface area contributed by atoms with E-state index in [4.69, 9.17) is 11.6 Å². The van der Waals surface area contributed by atoms with E-state index in [1.54, 1.807) is 0 Å². The normalized spacial score (nSPS) is 10.4. The Bertz CT molecular complexity index is 750. The third kappa shape index (κ3) is 2.89. The highest BCUT2D eigenvalue weighted by atomic mass is 35.5. The summed E-state index contributed by atoms with van der Waals surface area (Å²) in [7, 11) is 0. The number of nitro benzene ring substituents is 1. The molecule has 1 aromatic carbocycles. The van der Waals surface area contributed by atoms with Crippen molar-refractivity contribution in [2.45, 2.75) is 6.54 Å². The van der Waals surface area contributed by atoms with Crippen molar-refractivity contribution in [3.63, 3.8) is 0 Å². The second kappa shape index (κ2) is 5.07. The van der Waals surface area contributed by atoms with Crippen LogP contribution in [0.1, 0.15) is 5.56 Å². The van der Waals surface area contributed by atoms with Crippen molar-refractivity contribution in [2.24, 2.45) is 0 Å². The van der Waals surface area contributed by atoms with Gasteiger partial charge in [0.1, 0.15) is 0 Å². The molecule has 0 bridgehead atoms. The van der Waals surface area contributed by atoms with E-state index >= 15 is 0 Å². The Morgan fingerprint density at radius 3 is 2.68 bits per heavy atom. The molecular weight excluding hydrogens is 274 g/mol. The van der Waals surface area contributed by atoms with Crippen LogP contribution in [0.4, 0.5) is 5.69 Å². The Morgan fingerprint density at radius 2 is 2.05 bits per heavy atom. The van der Waals surface area contributed by atoms with Crippen molar-refractivity contribution >= 4 is 17.3 Å². The van der Waals surface area contributed by atoms with E-state index in [9.17, 15) is 19.7 Å². The number of rotatable bonds is 3. The van der Waals surface area contributed by atoms with Crippen LogP contribution < -0.4 is 11.2 Å². The Hall–Kier alpha value is -2.41. The van der Waals surface area contributed by atoms with Crippen molar-refractivity contribution < 1.29 is 4.92 Å². The molecule has 0 unspecified atom stereocenters. The summed E-state index contributed by atoms with van der Waals surface area (Å²) in [5.74, 6) is 0. The van der Waals surface area contributed by atoms with Crippen LogP contribution >= 0.6 is 11.6 Å². The molecule has 0 aliphatic rings. The summed E-state index contributed by atoms with van der Waals surface area (Å²) >= 11 is 5.78. The van der Waals surface area contributed by atoms with E-state index in [0.717, 1.165) is 10.6 Å². The molecule has 0 radical (unpaired) electrons. The molecule has 0 spiro atoms. The van der Waals surface area contributed by atoms with Crippen LogP contribution in [0.5, 0.6) is 0 Å². The van der Waals surface area contributed by atoms with Gasteiger partial charge in [0.15, 0.2) is 0 Å². The molecule has 1 N–H and O–H groups in total. The summed E-state index contributed by atoms with van der Waals surface area (Å²) in [6.07, 6.45) is 1.27. The SMILES string of the molecule is O=c1ccn(Cc2cc(Cl)ccc2[N+](=O)[O-])c(=O)[nH]1. The molecule has 2 aromatic rings.